The lowest BCUT2D eigenvalue weighted by molar-refractivity contribution is -0.116. The maximum atomic E-state index is 12.6. The highest BCUT2D eigenvalue weighted by Gasteiger charge is 2.16. The molecule has 1 aromatic carbocycles. The molecule has 0 saturated heterocycles. The Labute approximate surface area is 163 Å². The number of nitrogens with zero attached hydrogens (tertiary/aromatic N) is 5. The fourth-order valence-electron chi connectivity index (χ4n) is 3.31. The van der Waals surface area contributed by atoms with Crippen molar-refractivity contribution in [3.63, 3.8) is 0 Å². The number of pyridine rings is 1. The molecule has 3 aromatic heterocycles. The molecule has 1 N–H and O–H groups in total. The summed E-state index contributed by atoms with van der Waals surface area (Å²) in [6.07, 6.45) is 3.41. The van der Waals surface area contributed by atoms with Gasteiger partial charge < -0.3 is 5.32 Å². The molecule has 0 saturated carbocycles. The van der Waals surface area contributed by atoms with Crippen LogP contribution in [0.2, 0.25) is 0 Å². The number of carbonyl (C=O) groups excluding carboxylic acids is 1. The molecule has 7 nitrogen and oxygen atoms in total. The smallest absolute Gasteiger partial charge is 0.246 e. The molecule has 0 atom stereocenters. The molecule has 0 unspecified atom stereocenters. The summed E-state index contributed by atoms with van der Waals surface area (Å²) >= 11 is 0. The van der Waals surface area contributed by atoms with E-state index >= 15 is 0 Å². The summed E-state index contributed by atoms with van der Waals surface area (Å²) in [5, 5.41) is 12.6. The fourth-order valence-corrected chi connectivity index (χ4v) is 3.31. The number of rotatable bonds is 4. The standard InChI is InChI=1S/C21H22N6O/c1-13-5-7-16(8-6-13)17-9-10-22-21-20(17)14(2)25-27(21)12-19(28)24-18-11-23-26(4)15(18)3/h5-11H,12H2,1-4H3,(H,24,28). The van der Waals surface area contributed by atoms with Gasteiger partial charge in [-0.3, -0.25) is 9.48 Å². The molecule has 4 rings (SSSR count). The van der Waals surface area contributed by atoms with Gasteiger partial charge in [-0.1, -0.05) is 29.8 Å². The van der Waals surface area contributed by atoms with Gasteiger partial charge in [0.25, 0.3) is 0 Å². The van der Waals surface area contributed by atoms with Gasteiger partial charge in [-0.15, -0.1) is 0 Å². The first kappa shape index (κ1) is 17.9. The van der Waals surface area contributed by atoms with Crippen LogP contribution in [-0.4, -0.2) is 30.5 Å². The number of amides is 1. The molecular weight excluding hydrogens is 352 g/mol. The summed E-state index contributed by atoms with van der Waals surface area (Å²) in [6, 6.07) is 10.4. The first-order chi connectivity index (χ1) is 13.4. The van der Waals surface area contributed by atoms with Gasteiger partial charge in [0.2, 0.25) is 5.91 Å². The number of benzene rings is 1. The molecule has 0 aliphatic carbocycles. The van der Waals surface area contributed by atoms with Gasteiger partial charge in [-0.25, -0.2) is 9.67 Å². The number of hydrogen-bond acceptors (Lipinski definition) is 4. The van der Waals surface area contributed by atoms with E-state index in [0.29, 0.717) is 11.3 Å². The van der Waals surface area contributed by atoms with Crippen molar-refractivity contribution in [2.45, 2.75) is 27.3 Å². The highest BCUT2D eigenvalue weighted by atomic mass is 16.2. The lowest BCUT2D eigenvalue weighted by Gasteiger charge is -2.07. The Morgan fingerprint density at radius 2 is 1.86 bits per heavy atom. The summed E-state index contributed by atoms with van der Waals surface area (Å²) in [4.78, 5) is 17.0. The third kappa shape index (κ3) is 3.15. The van der Waals surface area contributed by atoms with Crippen LogP contribution in [-0.2, 0) is 18.4 Å². The molecule has 0 fully saturated rings. The predicted octanol–water partition coefficient (Wildman–Crippen LogP) is 3.40. The summed E-state index contributed by atoms with van der Waals surface area (Å²) in [5.41, 5.74) is 6.54. The van der Waals surface area contributed by atoms with E-state index in [1.165, 1.54) is 5.56 Å². The topological polar surface area (TPSA) is 77.6 Å². The Morgan fingerprint density at radius 1 is 1.11 bits per heavy atom. The van der Waals surface area contributed by atoms with E-state index in [4.69, 9.17) is 0 Å². The van der Waals surface area contributed by atoms with Crippen LogP contribution >= 0.6 is 0 Å². The monoisotopic (exact) mass is 374 g/mol. The zero-order valence-corrected chi connectivity index (χ0v) is 16.4. The molecule has 3 heterocycles. The van der Waals surface area contributed by atoms with E-state index in [-0.39, 0.29) is 12.5 Å². The maximum absolute atomic E-state index is 12.6. The zero-order valence-electron chi connectivity index (χ0n) is 16.4. The number of anilines is 1. The van der Waals surface area contributed by atoms with Crippen LogP contribution in [0.4, 0.5) is 5.69 Å². The van der Waals surface area contributed by atoms with Crippen molar-refractivity contribution >= 4 is 22.6 Å². The Morgan fingerprint density at radius 3 is 2.54 bits per heavy atom. The van der Waals surface area contributed by atoms with E-state index in [9.17, 15) is 4.79 Å². The molecule has 0 aliphatic rings. The van der Waals surface area contributed by atoms with Crippen LogP contribution < -0.4 is 5.32 Å². The molecular formula is C21H22N6O. The first-order valence-corrected chi connectivity index (χ1v) is 9.11. The molecule has 4 aromatic rings. The number of fused-ring (bicyclic) bond motifs is 1. The van der Waals surface area contributed by atoms with Crippen molar-refractivity contribution < 1.29 is 4.79 Å². The Hall–Kier alpha value is -3.48. The predicted molar refractivity (Wildman–Crippen MR) is 109 cm³/mol. The highest BCUT2D eigenvalue weighted by molar-refractivity contribution is 5.96. The molecule has 7 heteroatoms. The molecule has 28 heavy (non-hydrogen) atoms. The van der Waals surface area contributed by atoms with Crippen LogP contribution in [0.3, 0.4) is 0 Å². The fraction of sp³-hybridized carbons (Fsp3) is 0.238. The number of aryl methyl sites for hydroxylation is 3. The number of hydrogen-bond donors (Lipinski definition) is 1. The van der Waals surface area contributed by atoms with Gasteiger partial charge in [-0.2, -0.15) is 10.2 Å². The molecule has 1 amide bonds. The maximum Gasteiger partial charge on any atom is 0.246 e. The average molecular weight is 374 g/mol. The first-order valence-electron chi connectivity index (χ1n) is 9.11. The van der Waals surface area contributed by atoms with Crippen LogP contribution in [0.15, 0.2) is 42.7 Å². The van der Waals surface area contributed by atoms with Gasteiger partial charge in [0, 0.05) is 18.6 Å². The van der Waals surface area contributed by atoms with E-state index in [1.54, 1.807) is 21.8 Å². The van der Waals surface area contributed by atoms with Gasteiger partial charge in [0.05, 0.1) is 23.3 Å². The van der Waals surface area contributed by atoms with Crippen molar-refractivity contribution in [2.75, 3.05) is 5.32 Å². The van der Waals surface area contributed by atoms with Gasteiger partial charge >= 0.3 is 0 Å². The van der Waals surface area contributed by atoms with E-state index < -0.39 is 0 Å². The Bertz CT molecular complexity index is 1170. The number of carbonyl (C=O) groups is 1. The SMILES string of the molecule is Cc1ccc(-c2ccnc3c2c(C)nn3CC(=O)Nc2cnn(C)c2C)cc1. The Balaban J connectivity index is 1.67. The molecule has 142 valence electrons. The molecule has 0 aliphatic heterocycles. The minimum atomic E-state index is -0.164. The third-order valence-corrected chi connectivity index (χ3v) is 4.97. The van der Waals surface area contributed by atoms with Crippen LogP contribution in [0.1, 0.15) is 17.0 Å². The van der Waals surface area contributed by atoms with E-state index in [2.05, 4.69) is 51.7 Å². The van der Waals surface area contributed by atoms with Crippen molar-refractivity contribution in [3.05, 3.63) is 59.7 Å². The van der Waals surface area contributed by atoms with Gasteiger partial charge in [-0.05, 0) is 38.0 Å². The number of aromatic nitrogens is 5. The quantitative estimate of drug-likeness (QED) is 0.594. The van der Waals surface area contributed by atoms with Gasteiger partial charge in [0.15, 0.2) is 5.65 Å². The van der Waals surface area contributed by atoms with Crippen LogP contribution in [0, 0.1) is 20.8 Å². The van der Waals surface area contributed by atoms with E-state index in [0.717, 1.165) is 27.9 Å². The normalized spacial score (nSPS) is 11.1. The van der Waals surface area contributed by atoms with Crippen molar-refractivity contribution in [1.82, 2.24) is 24.5 Å². The minimum absolute atomic E-state index is 0.0863. The van der Waals surface area contributed by atoms with Crippen LogP contribution in [0.25, 0.3) is 22.2 Å². The molecule has 0 bridgehead atoms. The summed E-state index contributed by atoms with van der Waals surface area (Å²) in [7, 11) is 1.84. The average Bonchev–Trinajstić information content (AvgIpc) is 3.16. The van der Waals surface area contributed by atoms with Crippen LogP contribution in [0.5, 0.6) is 0 Å². The second kappa shape index (κ2) is 6.92. The lowest BCUT2D eigenvalue weighted by atomic mass is 10.0. The van der Waals surface area contributed by atoms with E-state index in [1.807, 2.05) is 27.0 Å². The summed E-state index contributed by atoms with van der Waals surface area (Å²) < 4.78 is 3.38. The van der Waals surface area contributed by atoms with Crippen molar-refractivity contribution in [2.24, 2.45) is 7.05 Å². The summed E-state index contributed by atoms with van der Waals surface area (Å²) in [5.74, 6) is -0.164. The Kier molecular flexibility index (Phi) is 4.43. The molecule has 0 radical (unpaired) electrons. The summed E-state index contributed by atoms with van der Waals surface area (Å²) in [6.45, 7) is 6.01. The second-order valence-corrected chi connectivity index (χ2v) is 6.98. The minimum Gasteiger partial charge on any atom is -0.322 e. The third-order valence-electron chi connectivity index (χ3n) is 4.97. The zero-order chi connectivity index (χ0) is 19.8. The van der Waals surface area contributed by atoms with Gasteiger partial charge in [0.1, 0.15) is 6.54 Å². The van der Waals surface area contributed by atoms with Crippen molar-refractivity contribution in [3.8, 4) is 11.1 Å². The molecule has 0 spiro atoms. The highest BCUT2D eigenvalue weighted by Crippen LogP contribution is 2.30. The number of nitrogens with one attached hydrogen (secondary N) is 1. The largest absolute Gasteiger partial charge is 0.322 e. The second-order valence-electron chi connectivity index (χ2n) is 6.98. The lowest BCUT2D eigenvalue weighted by Crippen LogP contribution is -2.20. The van der Waals surface area contributed by atoms with Crippen molar-refractivity contribution in [1.29, 1.82) is 0 Å².